The first-order valence-electron chi connectivity index (χ1n) is 8.87. The number of carboxylic acids is 1. The van der Waals surface area contributed by atoms with E-state index in [0.717, 1.165) is 21.1 Å². The van der Waals surface area contributed by atoms with Gasteiger partial charge in [-0.3, -0.25) is 0 Å². The van der Waals surface area contributed by atoms with Crippen LogP contribution in [0.3, 0.4) is 0 Å². The van der Waals surface area contributed by atoms with Crippen LogP contribution in [0.25, 0.3) is 10.6 Å². The van der Waals surface area contributed by atoms with Crippen molar-refractivity contribution in [1.82, 2.24) is 9.71 Å². The van der Waals surface area contributed by atoms with Gasteiger partial charge in [-0.15, -0.1) is 11.3 Å². The average Bonchev–Trinajstić information content (AvgIpc) is 3.03. The molecule has 0 fully saturated rings. The van der Waals surface area contributed by atoms with Crippen molar-refractivity contribution in [3.63, 3.8) is 0 Å². The predicted molar refractivity (Wildman–Crippen MR) is 113 cm³/mol. The summed E-state index contributed by atoms with van der Waals surface area (Å²) in [5.41, 5.74) is 4.12. The Kier molecular flexibility index (Phi) is 6.39. The molecule has 0 spiro atoms. The maximum Gasteiger partial charge on any atom is 0.335 e. The summed E-state index contributed by atoms with van der Waals surface area (Å²) in [6.45, 7) is 6.31. The number of nitrogens with zero attached hydrogens (tertiary/aromatic N) is 1. The van der Waals surface area contributed by atoms with Crippen LogP contribution in [0.15, 0.2) is 47.4 Å². The third-order valence-electron chi connectivity index (χ3n) is 4.44. The highest BCUT2D eigenvalue weighted by atomic mass is 32.2. The van der Waals surface area contributed by atoms with Crippen LogP contribution in [0.1, 0.15) is 32.1 Å². The number of hydrogen-bond acceptors (Lipinski definition) is 4. The van der Waals surface area contributed by atoms with Crippen LogP contribution in [0.2, 0.25) is 0 Å². The van der Waals surface area contributed by atoms with Crippen LogP contribution >= 0.6 is 11.3 Å². The second-order valence-electron chi connectivity index (χ2n) is 6.58. The summed E-state index contributed by atoms with van der Waals surface area (Å²) in [6, 6.07) is 13.1. The van der Waals surface area contributed by atoms with E-state index in [9.17, 15) is 14.1 Å². The van der Waals surface area contributed by atoms with Crippen molar-refractivity contribution < 1.29 is 14.1 Å². The van der Waals surface area contributed by atoms with Gasteiger partial charge in [0, 0.05) is 23.4 Å². The monoisotopic (exact) mass is 414 g/mol. The Bertz CT molecular complexity index is 1030. The van der Waals surface area contributed by atoms with Gasteiger partial charge in [-0.25, -0.2) is 18.7 Å². The molecule has 1 unspecified atom stereocenters. The fourth-order valence-corrected chi connectivity index (χ4v) is 4.61. The molecule has 0 aliphatic heterocycles. The molecule has 7 heteroatoms. The van der Waals surface area contributed by atoms with Gasteiger partial charge < -0.3 is 5.11 Å². The van der Waals surface area contributed by atoms with Crippen LogP contribution in [0, 0.1) is 20.8 Å². The average molecular weight is 415 g/mol. The van der Waals surface area contributed by atoms with Crippen molar-refractivity contribution in [3.05, 3.63) is 69.7 Å². The maximum absolute atomic E-state index is 12.5. The zero-order valence-electron chi connectivity index (χ0n) is 16.0. The molecule has 3 rings (SSSR count). The molecule has 0 bridgehead atoms. The number of nitrogens with one attached hydrogen (secondary N) is 1. The molecule has 0 saturated carbocycles. The van der Waals surface area contributed by atoms with E-state index in [1.807, 2.05) is 6.92 Å². The Morgan fingerprint density at radius 2 is 1.86 bits per heavy atom. The van der Waals surface area contributed by atoms with Crippen molar-refractivity contribution in [1.29, 1.82) is 0 Å². The summed E-state index contributed by atoms with van der Waals surface area (Å²) in [6.07, 6.45) is 0.650. The summed E-state index contributed by atoms with van der Waals surface area (Å²) >= 11 is 1.66. The molecule has 28 heavy (non-hydrogen) atoms. The highest BCUT2D eigenvalue weighted by Gasteiger charge is 2.13. The molecule has 5 nitrogen and oxygen atoms in total. The fraction of sp³-hybridized carbons (Fsp3) is 0.238. The SMILES string of the molecule is Cc1ccc(-c2nc(CCNS(=O)c3ccc(C)c(C(=O)O)c3)c(C)s2)cc1. The van der Waals surface area contributed by atoms with E-state index in [4.69, 9.17) is 4.98 Å². The third kappa shape index (κ3) is 4.73. The second-order valence-corrected chi connectivity index (χ2v) is 9.08. The molecule has 3 aromatic rings. The number of hydrogen-bond donors (Lipinski definition) is 2. The van der Waals surface area contributed by atoms with Crippen LogP contribution in [-0.2, 0) is 17.4 Å². The van der Waals surface area contributed by atoms with Gasteiger partial charge in [0.15, 0.2) is 0 Å². The van der Waals surface area contributed by atoms with Gasteiger partial charge in [0.25, 0.3) is 0 Å². The standard InChI is InChI=1S/C21H22N2O3S2/c1-13-4-7-16(8-5-13)20-23-19(15(3)27-20)10-11-22-28(26)17-9-6-14(2)18(12-17)21(24)25/h4-9,12,22H,10-11H2,1-3H3,(H,24,25). The maximum atomic E-state index is 12.5. The minimum absolute atomic E-state index is 0.172. The molecule has 1 heterocycles. The highest BCUT2D eigenvalue weighted by molar-refractivity contribution is 7.83. The Labute approximate surface area is 171 Å². The molecule has 146 valence electrons. The topological polar surface area (TPSA) is 79.3 Å². The number of benzene rings is 2. The molecular weight excluding hydrogens is 392 g/mol. The number of aromatic carboxylic acids is 1. The molecule has 0 amide bonds. The van der Waals surface area contributed by atoms with Gasteiger partial charge in [-0.1, -0.05) is 35.9 Å². The summed E-state index contributed by atoms with van der Waals surface area (Å²) in [4.78, 5) is 17.6. The first-order chi connectivity index (χ1) is 13.3. The number of thiazole rings is 1. The Morgan fingerprint density at radius 3 is 2.54 bits per heavy atom. The van der Waals surface area contributed by atoms with E-state index in [0.29, 0.717) is 23.4 Å². The fourth-order valence-electron chi connectivity index (χ4n) is 2.77. The molecule has 0 radical (unpaired) electrons. The summed E-state index contributed by atoms with van der Waals surface area (Å²) in [7, 11) is -1.47. The number of aromatic nitrogens is 1. The smallest absolute Gasteiger partial charge is 0.335 e. The summed E-state index contributed by atoms with van der Waals surface area (Å²) in [5.74, 6) is -1.02. The molecule has 0 aliphatic carbocycles. The number of carbonyl (C=O) groups is 1. The molecule has 1 aromatic heterocycles. The molecule has 1 atom stereocenters. The summed E-state index contributed by atoms with van der Waals surface area (Å²) in [5, 5.41) is 10.2. The first-order valence-corrected chi connectivity index (χ1v) is 10.8. The molecule has 0 aliphatic rings. The minimum atomic E-state index is -1.47. The predicted octanol–water partition coefficient (Wildman–Crippen LogP) is 4.29. The molecular formula is C21H22N2O3S2. The lowest BCUT2D eigenvalue weighted by Gasteiger charge is -2.07. The second kappa shape index (κ2) is 8.77. The van der Waals surface area contributed by atoms with Crippen molar-refractivity contribution >= 4 is 28.3 Å². The lowest BCUT2D eigenvalue weighted by molar-refractivity contribution is 0.0696. The van der Waals surface area contributed by atoms with Gasteiger partial charge in [-0.2, -0.15) is 0 Å². The van der Waals surface area contributed by atoms with Gasteiger partial charge in [0.05, 0.1) is 16.2 Å². The van der Waals surface area contributed by atoms with E-state index < -0.39 is 17.0 Å². The largest absolute Gasteiger partial charge is 0.478 e. The van der Waals surface area contributed by atoms with Gasteiger partial charge in [0.1, 0.15) is 16.0 Å². The third-order valence-corrected chi connectivity index (χ3v) is 6.65. The van der Waals surface area contributed by atoms with Crippen LogP contribution in [-0.4, -0.2) is 26.8 Å². The highest BCUT2D eigenvalue weighted by Crippen LogP contribution is 2.28. The summed E-state index contributed by atoms with van der Waals surface area (Å²) < 4.78 is 15.4. The number of carboxylic acid groups (broad SMARTS) is 1. The van der Waals surface area contributed by atoms with Crippen molar-refractivity contribution in [2.24, 2.45) is 0 Å². The number of aryl methyl sites for hydroxylation is 3. The lowest BCUT2D eigenvalue weighted by atomic mass is 10.1. The van der Waals surface area contributed by atoms with E-state index >= 15 is 0 Å². The lowest BCUT2D eigenvalue weighted by Crippen LogP contribution is -2.21. The molecule has 2 N–H and O–H groups in total. The van der Waals surface area contributed by atoms with Gasteiger partial charge >= 0.3 is 5.97 Å². The zero-order chi connectivity index (χ0) is 20.3. The quantitative estimate of drug-likeness (QED) is 0.604. The first kappa shape index (κ1) is 20.4. The van der Waals surface area contributed by atoms with Crippen molar-refractivity contribution in [2.75, 3.05) is 6.54 Å². The van der Waals surface area contributed by atoms with Gasteiger partial charge in [0.2, 0.25) is 0 Å². The normalized spacial score (nSPS) is 12.1. The Hall–Kier alpha value is -2.35. The minimum Gasteiger partial charge on any atom is -0.478 e. The van der Waals surface area contributed by atoms with Crippen LogP contribution < -0.4 is 4.72 Å². The molecule has 0 saturated heterocycles. The van der Waals surface area contributed by atoms with Crippen molar-refractivity contribution in [2.45, 2.75) is 32.1 Å². The van der Waals surface area contributed by atoms with E-state index in [1.165, 1.54) is 11.6 Å². The van der Waals surface area contributed by atoms with E-state index in [1.54, 1.807) is 30.4 Å². The van der Waals surface area contributed by atoms with E-state index in [2.05, 4.69) is 35.9 Å². The van der Waals surface area contributed by atoms with Gasteiger partial charge in [-0.05, 0) is 38.5 Å². The van der Waals surface area contributed by atoms with Crippen LogP contribution in [0.4, 0.5) is 0 Å². The zero-order valence-corrected chi connectivity index (χ0v) is 17.6. The van der Waals surface area contributed by atoms with E-state index in [-0.39, 0.29) is 5.56 Å². The Balaban J connectivity index is 1.64. The Morgan fingerprint density at radius 1 is 1.14 bits per heavy atom. The van der Waals surface area contributed by atoms with Crippen molar-refractivity contribution in [3.8, 4) is 10.6 Å². The molecule has 2 aromatic carbocycles. The number of rotatable bonds is 7. The van der Waals surface area contributed by atoms with Crippen LogP contribution in [0.5, 0.6) is 0 Å².